The number of aryl methyl sites for hydroxylation is 2. The third kappa shape index (κ3) is 3.30. The van der Waals surface area contributed by atoms with Crippen molar-refractivity contribution in [3.8, 4) is 0 Å². The quantitative estimate of drug-likeness (QED) is 0.933. The van der Waals surface area contributed by atoms with Crippen molar-refractivity contribution >= 4 is 29.1 Å². The van der Waals surface area contributed by atoms with E-state index in [4.69, 9.17) is 5.11 Å². The minimum Gasteiger partial charge on any atom is -0.481 e. The first-order chi connectivity index (χ1) is 8.54. The predicted octanol–water partition coefficient (Wildman–Crippen LogP) is 2.93. The van der Waals surface area contributed by atoms with E-state index < -0.39 is 5.97 Å². The van der Waals surface area contributed by atoms with E-state index >= 15 is 0 Å². The zero-order valence-corrected chi connectivity index (χ0v) is 11.6. The van der Waals surface area contributed by atoms with Gasteiger partial charge in [-0.05, 0) is 37.7 Å². The molecule has 0 aliphatic rings. The molecule has 0 atom stereocenters. The van der Waals surface area contributed by atoms with Crippen LogP contribution in [0.15, 0.2) is 27.6 Å². The van der Waals surface area contributed by atoms with E-state index in [0.29, 0.717) is 0 Å². The van der Waals surface area contributed by atoms with Crippen molar-refractivity contribution in [3.63, 3.8) is 0 Å². The van der Waals surface area contributed by atoms with Crippen molar-refractivity contribution in [3.05, 3.63) is 34.5 Å². The van der Waals surface area contributed by atoms with Crippen LogP contribution in [0.25, 0.3) is 0 Å². The van der Waals surface area contributed by atoms with Gasteiger partial charge >= 0.3 is 5.97 Å². The second-order valence-corrected chi connectivity index (χ2v) is 6.13. The average Bonchev–Trinajstić information content (AvgIpc) is 2.58. The number of hydrogen-bond acceptors (Lipinski definition) is 5. The molecule has 0 amide bonds. The van der Waals surface area contributed by atoms with E-state index in [2.05, 4.69) is 9.97 Å². The van der Waals surface area contributed by atoms with Gasteiger partial charge in [0.25, 0.3) is 0 Å². The Kier molecular flexibility index (Phi) is 3.98. The van der Waals surface area contributed by atoms with Gasteiger partial charge in [-0.2, -0.15) is 0 Å². The minimum atomic E-state index is -0.827. The van der Waals surface area contributed by atoms with Gasteiger partial charge in [0, 0.05) is 10.6 Å². The van der Waals surface area contributed by atoms with E-state index in [0.717, 1.165) is 25.6 Å². The number of thiazole rings is 1. The number of aliphatic carboxylic acids is 1. The van der Waals surface area contributed by atoms with E-state index in [9.17, 15) is 4.79 Å². The molecule has 6 heteroatoms. The number of hydrogen-bond donors (Lipinski definition) is 1. The molecule has 0 fully saturated rings. The van der Waals surface area contributed by atoms with Crippen LogP contribution in [0.5, 0.6) is 0 Å². The third-order valence-electron chi connectivity index (χ3n) is 2.24. The Morgan fingerprint density at radius 3 is 2.83 bits per heavy atom. The van der Waals surface area contributed by atoms with Crippen LogP contribution >= 0.6 is 23.1 Å². The number of carboxylic acids is 1. The van der Waals surface area contributed by atoms with Crippen molar-refractivity contribution in [2.24, 2.45) is 0 Å². The molecule has 0 saturated carbocycles. The molecule has 4 nitrogen and oxygen atoms in total. The number of carbonyl (C=O) groups is 1. The van der Waals surface area contributed by atoms with E-state index in [1.165, 1.54) is 23.1 Å². The van der Waals surface area contributed by atoms with Crippen LogP contribution in [0.4, 0.5) is 0 Å². The molecular formula is C12H12N2O2S2. The van der Waals surface area contributed by atoms with Gasteiger partial charge in [-0.15, -0.1) is 11.3 Å². The van der Waals surface area contributed by atoms with Gasteiger partial charge < -0.3 is 5.11 Å². The van der Waals surface area contributed by atoms with Gasteiger partial charge in [-0.25, -0.2) is 9.97 Å². The summed E-state index contributed by atoms with van der Waals surface area (Å²) in [6, 6.07) is 5.81. The van der Waals surface area contributed by atoms with Crippen molar-refractivity contribution in [1.82, 2.24) is 9.97 Å². The van der Waals surface area contributed by atoms with E-state index in [-0.39, 0.29) is 6.42 Å². The molecule has 0 spiro atoms. The van der Waals surface area contributed by atoms with Crippen molar-refractivity contribution < 1.29 is 9.90 Å². The Labute approximate surface area is 113 Å². The summed E-state index contributed by atoms with van der Waals surface area (Å²) in [6.07, 6.45) is 0.0330. The second kappa shape index (κ2) is 5.49. The fourth-order valence-electron chi connectivity index (χ4n) is 1.41. The highest BCUT2D eigenvalue weighted by molar-refractivity contribution is 8.01. The molecule has 0 aliphatic heterocycles. The molecule has 2 aromatic heterocycles. The SMILES string of the molecule is Cc1cccc(Sc2nc(C)c(CC(=O)O)s2)n1. The summed E-state index contributed by atoms with van der Waals surface area (Å²) in [5.74, 6) is -0.827. The highest BCUT2D eigenvalue weighted by Crippen LogP contribution is 2.32. The standard InChI is InChI=1S/C12H12N2O2S2/c1-7-4-3-5-10(13-7)18-12-14-8(2)9(17-12)6-11(15)16/h3-5H,6H2,1-2H3,(H,15,16). The van der Waals surface area contributed by atoms with Crippen LogP contribution in [0.3, 0.4) is 0 Å². The number of carboxylic acid groups (broad SMARTS) is 1. The molecule has 2 rings (SSSR count). The van der Waals surface area contributed by atoms with Crippen LogP contribution in [-0.2, 0) is 11.2 Å². The zero-order valence-electron chi connectivity index (χ0n) is 10.0. The Hall–Kier alpha value is -1.40. The topological polar surface area (TPSA) is 63.1 Å². The first-order valence-electron chi connectivity index (χ1n) is 5.34. The lowest BCUT2D eigenvalue weighted by molar-refractivity contribution is -0.136. The van der Waals surface area contributed by atoms with Crippen LogP contribution in [-0.4, -0.2) is 21.0 Å². The number of aromatic nitrogens is 2. The van der Waals surface area contributed by atoms with Gasteiger partial charge in [0.1, 0.15) is 5.03 Å². The Morgan fingerprint density at radius 1 is 1.39 bits per heavy atom. The maximum atomic E-state index is 10.7. The fourth-order valence-corrected chi connectivity index (χ4v) is 3.62. The number of rotatable bonds is 4. The van der Waals surface area contributed by atoms with Crippen LogP contribution in [0, 0.1) is 13.8 Å². The van der Waals surface area contributed by atoms with Gasteiger partial charge in [-0.1, -0.05) is 6.07 Å². The minimum absolute atomic E-state index is 0.0330. The van der Waals surface area contributed by atoms with Crippen molar-refractivity contribution in [2.75, 3.05) is 0 Å². The Balaban J connectivity index is 2.17. The summed E-state index contributed by atoms with van der Waals surface area (Å²) >= 11 is 2.89. The monoisotopic (exact) mass is 280 g/mol. The first-order valence-corrected chi connectivity index (χ1v) is 6.97. The van der Waals surface area contributed by atoms with Gasteiger partial charge in [0.15, 0.2) is 4.34 Å². The summed E-state index contributed by atoms with van der Waals surface area (Å²) < 4.78 is 0.835. The number of nitrogens with zero attached hydrogens (tertiary/aromatic N) is 2. The largest absolute Gasteiger partial charge is 0.481 e. The normalized spacial score (nSPS) is 10.6. The Morgan fingerprint density at radius 2 is 2.17 bits per heavy atom. The molecular weight excluding hydrogens is 268 g/mol. The molecule has 94 valence electrons. The van der Waals surface area contributed by atoms with Gasteiger partial charge in [-0.3, -0.25) is 4.79 Å². The smallest absolute Gasteiger partial charge is 0.308 e. The maximum absolute atomic E-state index is 10.7. The molecule has 0 aliphatic carbocycles. The summed E-state index contributed by atoms with van der Waals surface area (Å²) in [6.45, 7) is 3.77. The molecule has 2 heterocycles. The van der Waals surface area contributed by atoms with Crippen LogP contribution in [0.2, 0.25) is 0 Å². The van der Waals surface area contributed by atoms with Gasteiger partial charge in [0.2, 0.25) is 0 Å². The highest BCUT2D eigenvalue weighted by atomic mass is 32.2. The molecule has 1 N–H and O–H groups in total. The second-order valence-electron chi connectivity index (χ2n) is 3.78. The van der Waals surface area contributed by atoms with Crippen molar-refractivity contribution in [1.29, 1.82) is 0 Å². The average molecular weight is 280 g/mol. The molecule has 0 aromatic carbocycles. The highest BCUT2D eigenvalue weighted by Gasteiger charge is 2.12. The zero-order chi connectivity index (χ0) is 13.1. The summed E-state index contributed by atoms with van der Waals surface area (Å²) in [5.41, 5.74) is 1.75. The van der Waals surface area contributed by atoms with E-state index in [1.807, 2.05) is 32.0 Å². The maximum Gasteiger partial charge on any atom is 0.308 e. The molecule has 0 radical (unpaired) electrons. The lowest BCUT2D eigenvalue weighted by Gasteiger charge is -1.97. The molecule has 0 saturated heterocycles. The molecule has 18 heavy (non-hydrogen) atoms. The molecule has 0 unspecified atom stereocenters. The van der Waals surface area contributed by atoms with Crippen LogP contribution < -0.4 is 0 Å². The van der Waals surface area contributed by atoms with Gasteiger partial charge in [0.05, 0.1) is 12.1 Å². The molecule has 2 aromatic rings. The summed E-state index contributed by atoms with van der Waals surface area (Å²) in [7, 11) is 0. The summed E-state index contributed by atoms with van der Waals surface area (Å²) in [5, 5.41) is 9.67. The molecule has 0 bridgehead atoms. The number of pyridine rings is 1. The van der Waals surface area contributed by atoms with Crippen LogP contribution in [0.1, 0.15) is 16.3 Å². The third-order valence-corrected chi connectivity index (χ3v) is 4.39. The van der Waals surface area contributed by atoms with E-state index in [1.54, 1.807) is 0 Å². The van der Waals surface area contributed by atoms with Crippen molar-refractivity contribution in [2.45, 2.75) is 29.6 Å². The Bertz CT molecular complexity index is 581. The lowest BCUT2D eigenvalue weighted by Crippen LogP contribution is -1.99. The predicted molar refractivity (Wildman–Crippen MR) is 71.3 cm³/mol. The summed E-state index contributed by atoms with van der Waals surface area (Å²) in [4.78, 5) is 20.2. The first kappa shape index (κ1) is 13.0. The lowest BCUT2D eigenvalue weighted by atomic mass is 10.3. The fraction of sp³-hybridized carbons (Fsp3) is 0.250.